The molecule has 1 atom stereocenters. The first-order valence-corrected chi connectivity index (χ1v) is 12.9. The van der Waals surface area contributed by atoms with Crippen molar-refractivity contribution < 1.29 is 28.6 Å². The first-order valence-electron chi connectivity index (χ1n) is 12.9. The Hall–Kier alpha value is -3.03. The van der Waals surface area contributed by atoms with Crippen LogP contribution < -0.4 is 15.4 Å². The van der Waals surface area contributed by atoms with Gasteiger partial charge in [0, 0.05) is 23.6 Å². The number of cyclic esters (lactones) is 1. The summed E-state index contributed by atoms with van der Waals surface area (Å²) < 4.78 is 16.3. The number of benzene rings is 1. The zero-order valence-corrected chi connectivity index (χ0v) is 22.8. The van der Waals surface area contributed by atoms with E-state index in [-0.39, 0.29) is 37.2 Å². The van der Waals surface area contributed by atoms with Gasteiger partial charge in [0.15, 0.2) is 0 Å². The van der Waals surface area contributed by atoms with Crippen LogP contribution in [0.5, 0.6) is 5.75 Å². The van der Waals surface area contributed by atoms with Crippen molar-refractivity contribution in [2.75, 3.05) is 12.4 Å². The Balaban J connectivity index is 2.36. The summed E-state index contributed by atoms with van der Waals surface area (Å²) in [6.07, 6.45) is 6.90. The van der Waals surface area contributed by atoms with E-state index in [4.69, 9.17) is 14.2 Å². The second kappa shape index (κ2) is 13.9. The molecule has 8 heteroatoms. The molecule has 1 heterocycles. The van der Waals surface area contributed by atoms with Crippen LogP contribution in [0.3, 0.4) is 0 Å². The van der Waals surface area contributed by atoms with Crippen LogP contribution in [-0.2, 0) is 27.3 Å². The van der Waals surface area contributed by atoms with E-state index >= 15 is 0 Å². The summed E-state index contributed by atoms with van der Waals surface area (Å²) in [7, 11) is 1.58. The molecule has 1 unspecified atom stereocenters. The molecular weight excluding hydrogens is 460 g/mol. The molecule has 0 fully saturated rings. The number of methoxy groups -OCH3 is 1. The fraction of sp³-hybridized carbons (Fsp3) is 0.607. The first-order chi connectivity index (χ1) is 17.1. The van der Waals surface area contributed by atoms with Crippen LogP contribution >= 0.6 is 0 Å². The minimum Gasteiger partial charge on any atom is -0.496 e. The summed E-state index contributed by atoms with van der Waals surface area (Å²) in [6.45, 7) is 11.8. The molecule has 1 aromatic carbocycles. The molecule has 0 aromatic heterocycles. The maximum Gasteiger partial charge on any atom is 0.341 e. The number of carbonyl (C=O) groups is 3. The number of esters is 2. The number of anilines is 1. The number of amides is 2. The van der Waals surface area contributed by atoms with Crippen molar-refractivity contribution in [3.63, 3.8) is 0 Å². The number of urea groups is 1. The number of carbonyl (C=O) groups excluding carboxylic acids is 3. The first kappa shape index (κ1) is 29.2. The molecule has 2 N–H and O–H groups in total. The van der Waals surface area contributed by atoms with Gasteiger partial charge < -0.3 is 24.8 Å². The summed E-state index contributed by atoms with van der Waals surface area (Å²) in [5, 5.41) is 5.98. The fourth-order valence-electron chi connectivity index (χ4n) is 4.35. The van der Waals surface area contributed by atoms with Crippen LogP contribution in [0.4, 0.5) is 10.5 Å². The summed E-state index contributed by atoms with van der Waals surface area (Å²) in [4.78, 5) is 37.6. The zero-order valence-electron chi connectivity index (χ0n) is 22.8. The molecule has 36 heavy (non-hydrogen) atoms. The van der Waals surface area contributed by atoms with E-state index in [1.165, 1.54) is 0 Å². The standard InChI is InChI=1S/C28H42N2O6/c1-8-10-11-20(9-2)29-28(33)30-25-21(14-12-18(5)13-15-23(31)36-17(3)4)26(34-7)19(6)22-16-35-27(32)24(22)25/h12,17,20H,8-11,13-16H2,1-7H3,(H2,29,30,33)/b18-12+. The van der Waals surface area contributed by atoms with Crippen molar-refractivity contribution in [2.45, 2.75) is 105 Å². The lowest BCUT2D eigenvalue weighted by Crippen LogP contribution is -2.38. The monoisotopic (exact) mass is 502 g/mol. The van der Waals surface area contributed by atoms with Gasteiger partial charge in [0.25, 0.3) is 0 Å². The minimum atomic E-state index is -0.456. The van der Waals surface area contributed by atoms with E-state index in [0.29, 0.717) is 35.4 Å². The number of hydrogen-bond acceptors (Lipinski definition) is 6. The topological polar surface area (TPSA) is 103 Å². The number of allylic oxidation sites excluding steroid dienone is 2. The maximum atomic E-state index is 13.0. The summed E-state index contributed by atoms with van der Waals surface area (Å²) in [6, 6.07) is -0.308. The maximum absolute atomic E-state index is 13.0. The Morgan fingerprint density at radius 1 is 1.19 bits per heavy atom. The Bertz CT molecular complexity index is 983. The van der Waals surface area contributed by atoms with Crippen molar-refractivity contribution in [1.82, 2.24) is 5.32 Å². The molecule has 0 saturated heterocycles. The zero-order chi connectivity index (χ0) is 26.8. The van der Waals surface area contributed by atoms with Crippen molar-refractivity contribution in [3.05, 3.63) is 33.9 Å². The minimum absolute atomic E-state index is 0.0495. The third-order valence-corrected chi connectivity index (χ3v) is 6.39. The third kappa shape index (κ3) is 7.73. The van der Waals surface area contributed by atoms with E-state index in [9.17, 15) is 14.4 Å². The highest BCUT2D eigenvalue weighted by Crippen LogP contribution is 2.41. The Morgan fingerprint density at radius 3 is 2.53 bits per heavy atom. The average Bonchev–Trinajstić information content (AvgIpc) is 3.22. The van der Waals surface area contributed by atoms with Crippen molar-refractivity contribution >= 4 is 23.7 Å². The van der Waals surface area contributed by atoms with Gasteiger partial charge in [-0.3, -0.25) is 4.79 Å². The lowest BCUT2D eigenvalue weighted by atomic mass is 9.93. The van der Waals surface area contributed by atoms with Gasteiger partial charge in [-0.2, -0.15) is 0 Å². The van der Waals surface area contributed by atoms with E-state index in [1.807, 2.05) is 40.7 Å². The summed E-state index contributed by atoms with van der Waals surface area (Å²) in [5.41, 5.74) is 4.05. The number of ether oxygens (including phenoxy) is 3. The average molecular weight is 503 g/mol. The molecule has 1 aliphatic rings. The molecule has 8 nitrogen and oxygen atoms in total. The van der Waals surface area contributed by atoms with Gasteiger partial charge >= 0.3 is 18.0 Å². The molecule has 0 radical (unpaired) electrons. The number of fused-ring (bicyclic) bond motifs is 1. The molecule has 0 spiro atoms. The lowest BCUT2D eigenvalue weighted by molar-refractivity contribution is -0.147. The molecule has 1 aromatic rings. The molecule has 200 valence electrons. The molecular formula is C28H42N2O6. The highest BCUT2D eigenvalue weighted by Gasteiger charge is 2.32. The van der Waals surface area contributed by atoms with Crippen LogP contribution in [-0.4, -0.2) is 37.2 Å². The third-order valence-electron chi connectivity index (χ3n) is 6.39. The fourth-order valence-corrected chi connectivity index (χ4v) is 4.35. The van der Waals surface area contributed by atoms with E-state index in [1.54, 1.807) is 7.11 Å². The lowest BCUT2D eigenvalue weighted by Gasteiger charge is -2.22. The van der Waals surface area contributed by atoms with Crippen molar-refractivity contribution in [2.24, 2.45) is 0 Å². The van der Waals surface area contributed by atoms with Gasteiger partial charge in [0.1, 0.15) is 12.4 Å². The number of hydrogen-bond donors (Lipinski definition) is 2. The SMILES string of the molecule is CCCCC(CC)NC(=O)Nc1c(C/C=C(\C)CCC(=O)OC(C)C)c(OC)c(C)c2c1C(=O)OC2. The predicted molar refractivity (Wildman–Crippen MR) is 141 cm³/mol. The quantitative estimate of drug-likeness (QED) is 0.254. The highest BCUT2D eigenvalue weighted by atomic mass is 16.5. The van der Waals surface area contributed by atoms with Crippen LogP contribution in [0.2, 0.25) is 0 Å². The molecule has 0 aliphatic carbocycles. The highest BCUT2D eigenvalue weighted by molar-refractivity contribution is 6.05. The van der Waals surface area contributed by atoms with E-state index in [0.717, 1.165) is 42.4 Å². The number of unbranched alkanes of at least 4 members (excludes halogenated alkanes) is 1. The Labute approximate surface area is 215 Å². The molecule has 0 saturated carbocycles. The van der Waals surface area contributed by atoms with Crippen LogP contribution in [0, 0.1) is 6.92 Å². The number of rotatable bonds is 13. The molecule has 0 bridgehead atoms. The second-order valence-corrected chi connectivity index (χ2v) is 9.58. The van der Waals surface area contributed by atoms with Gasteiger partial charge in [-0.15, -0.1) is 0 Å². The molecule has 2 amide bonds. The van der Waals surface area contributed by atoms with Crippen LogP contribution in [0.1, 0.15) is 100 Å². The Kier molecular flexibility index (Phi) is 11.3. The van der Waals surface area contributed by atoms with E-state index in [2.05, 4.69) is 17.6 Å². The van der Waals surface area contributed by atoms with Crippen molar-refractivity contribution in [3.8, 4) is 5.75 Å². The largest absolute Gasteiger partial charge is 0.496 e. The van der Waals surface area contributed by atoms with Crippen molar-refractivity contribution in [1.29, 1.82) is 0 Å². The van der Waals surface area contributed by atoms with Crippen LogP contribution in [0.15, 0.2) is 11.6 Å². The predicted octanol–water partition coefficient (Wildman–Crippen LogP) is 5.98. The summed E-state index contributed by atoms with van der Waals surface area (Å²) >= 11 is 0. The number of nitrogens with one attached hydrogen (secondary N) is 2. The van der Waals surface area contributed by atoms with Gasteiger partial charge in [0.2, 0.25) is 0 Å². The normalized spacial score (nSPS) is 13.8. The van der Waals surface area contributed by atoms with E-state index < -0.39 is 5.97 Å². The molecule has 2 rings (SSSR count). The van der Waals surface area contributed by atoms with Gasteiger partial charge in [-0.25, -0.2) is 9.59 Å². The smallest absolute Gasteiger partial charge is 0.341 e. The molecule has 1 aliphatic heterocycles. The summed E-state index contributed by atoms with van der Waals surface area (Å²) in [5.74, 6) is -0.0786. The second-order valence-electron chi connectivity index (χ2n) is 9.58. The van der Waals surface area contributed by atoms with Gasteiger partial charge in [0.05, 0.1) is 24.5 Å². The van der Waals surface area contributed by atoms with Gasteiger partial charge in [-0.05, 0) is 58.9 Å². The van der Waals surface area contributed by atoms with Crippen LogP contribution in [0.25, 0.3) is 0 Å². The van der Waals surface area contributed by atoms with Gasteiger partial charge in [-0.1, -0.05) is 38.3 Å². The Morgan fingerprint density at radius 2 is 1.92 bits per heavy atom.